The molecule has 0 bridgehead atoms. The molecule has 1 aromatic carbocycles. The second-order valence-corrected chi connectivity index (χ2v) is 4.22. The number of benzene rings is 1. The lowest BCUT2D eigenvalue weighted by Gasteiger charge is -2.14. The largest absolute Gasteiger partial charge is 0.260 e. The summed E-state index contributed by atoms with van der Waals surface area (Å²) in [6.45, 7) is 7.70. The van der Waals surface area contributed by atoms with Crippen molar-refractivity contribution in [2.45, 2.75) is 12.8 Å². The van der Waals surface area contributed by atoms with Gasteiger partial charge in [-0.05, 0) is 29.6 Å². The van der Waals surface area contributed by atoms with Crippen molar-refractivity contribution in [3.05, 3.63) is 84.6 Å². The third-order valence-corrected chi connectivity index (χ3v) is 2.96. The molecule has 0 unspecified atom stereocenters. The van der Waals surface area contributed by atoms with Crippen molar-refractivity contribution < 1.29 is 0 Å². The van der Waals surface area contributed by atoms with E-state index in [4.69, 9.17) is 0 Å². The molecule has 0 atom stereocenters. The SMILES string of the molecule is C=C/C=C\C(=C)C1=CN=C(c2ccccc2)CC1. The molecular formula is C17H17N. The van der Waals surface area contributed by atoms with Gasteiger partial charge in [0.1, 0.15) is 0 Å². The summed E-state index contributed by atoms with van der Waals surface area (Å²) in [5, 5.41) is 0. The van der Waals surface area contributed by atoms with Gasteiger partial charge in [-0.3, -0.25) is 4.99 Å². The van der Waals surface area contributed by atoms with Gasteiger partial charge in [-0.25, -0.2) is 0 Å². The molecule has 0 spiro atoms. The number of nitrogens with zero attached hydrogens (tertiary/aromatic N) is 1. The summed E-state index contributed by atoms with van der Waals surface area (Å²) in [7, 11) is 0. The van der Waals surface area contributed by atoms with Gasteiger partial charge in [0, 0.05) is 11.9 Å². The highest BCUT2D eigenvalue weighted by atomic mass is 14.7. The van der Waals surface area contributed by atoms with E-state index < -0.39 is 0 Å². The maximum Gasteiger partial charge on any atom is 0.0479 e. The molecule has 1 aliphatic rings. The molecule has 0 saturated carbocycles. The normalized spacial score (nSPS) is 15.1. The van der Waals surface area contributed by atoms with E-state index in [0.717, 1.165) is 24.1 Å². The first-order valence-corrected chi connectivity index (χ1v) is 6.11. The minimum Gasteiger partial charge on any atom is -0.260 e. The van der Waals surface area contributed by atoms with Crippen LogP contribution in [0, 0.1) is 0 Å². The van der Waals surface area contributed by atoms with Crippen molar-refractivity contribution in [3.63, 3.8) is 0 Å². The molecule has 0 radical (unpaired) electrons. The van der Waals surface area contributed by atoms with Crippen LogP contribution in [0.5, 0.6) is 0 Å². The summed E-state index contributed by atoms with van der Waals surface area (Å²) >= 11 is 0. The average Bonchev–Trinajstić information content (AvgIpc) is 2.46. The molecule has 0 aromatic heterocycles. The fraction of sp³-hybridized carbons (Fsp3) is 0.118. The van der Waals surface area contributed by atoms with Gasteiger partial charge in [-0.1, -0.05) is 61.7 Å². The van der Waals surface area contributed by atoms with Crippen LogP contribution < -0.4 is 0 Å². The van der Waals surface area contributed by atoms with Crippen LogP contribution in [0.4, 0.5) is 0 Å². The van der Waals surface area contributed by atoms with Gasteiger partial charge < -0.3 is 0 Å². The average molecular weight is 235 g/mol. The zero-order valence-corrected chi connectivity index (χ0v) is 10.5. The Labute approximate surface area is 109 Å². The van der Waals surface area contributed by atoms with E-state index in [0.29, 0.717) is 0 Å². The Kier molecular flexibility index (Phi) is 4.08. The maximum atomic E-state index is 4.54. The third-order valence-electron chi connectivity index (χ3n) is 2.96. The van der Waals surface area contributed by atoms with Crippen LogP contribution >= 0.6 is 0 Å². The highest BCUT2D eigenvalue weighted by molar-refractivity contribution is 6.01. The maximum absolute atomic E-state index is 4.54. The molecule has 2 rings (SSSR count). The lowest BCUT2D eigenvalue weighted by Crippen LogP contribution is -2.05. The highest BCUT2D eigenvalue weighted by Crippen LogP contribution is 2.22. The Hall–Kier alpha value is -2.15. The zero-order chi connectivity index (χ0) is 12.8. The van der Waals surface area contributed by atoms with E-state index in [9.17, 15) is 0 Å². The van der Waals surface area contributed by atoms with Crippen LogP contribution in [0.1, 0.15) is 18.4 Å². The highest BCUT2D eigenvalue weighted by Gasteiger charge is 2.10. The Morgan fingerprint density at radius 2 is 1.94 bits per heavy atom. The van der Waals surface area contributed by atoms with Crippen molar-refractivity contribution >= 4 is 5.71 Å². The van der Waals surface area contributed by atoms with E-state index in [2.05, 4.69) is 30.3 Å². The van der Waals surface area contributed by atoms with Gasteiger partial charge in [-0.2, -0.15) is 0 Å². The summed E-state index contributed by atoms with van der Waals surface area (Å²) < 4.78 is 0. The van der Waals surface area contributed by atoms with Gasteiger partial charge in [-0.15, -0.1) is 0 Å². The van der Waals surface area contributed by atoms with Crippen LogP contribution in [-0.4, -0.2) is 5.71 Å². The summed E-state index contributed by atoms with van der Waals surface area (Å²) in [5.74, 6) is 0. The molecule has 1 nitrogen and oxygen atoms in total. The second kappa shape index (κ2) is 5.97. The lowest BCUT2D eigenvalue weighted by atomic mass is 9.96. The quantitative estimate of drug-likeness (QED) is 0.684. The van der Waals surface area contributed by atoms with E-state index in [1.807, 2.05) is 36.6 Å². The number of hydrogen-bond donors (Lipinski definition) is 0. The molecule has 0 aliphatic carbocycles. The number of rotatable bonds is 4. The molecule has 1 heterocycles. The molecule has 0 N–H and O–H groups in total. The summed E-state index contributed by atoms with van der Waals surface area (Å²) in [5.41, 5.74) is 4.58. The van der Waals surface area contributed by atoms with E-state index >= 15 is 0 Å². The van der Waals surface area contributed by atoms with Crippen LogP contribution in [0.3, 0.4) is 0 Å². The lowest BCUT2D eigenvalue weighted by molar-refractivity contribution is 0.996. The van der Waals surface area contributed by atoms with Crippen LogP contribution in [0.25, 0.3) is 0 Å². The van der Waals surface area contributed by atoms with Crippen molar-refractivity contribution in [1.82, 2.24) is 0 Å². The van der Waals surface area contributed by atoms with Crippen LogP contribution in [-0.2, 0) is 0 Å². The van der Waals surface area contributed by atoms with Gasteiger partial charge >= 0.3 is 0 Å². The number of hydrogen-bond acceptors (Lipinski definition) is 1. The van der Waals surface area contributed by atoms with E-state index in [1.165, 1.54) is 11.1 Å². The fourth-order valence-electron chi connectivity index (χ4n) is 1.92. The first-order chi connectivity index (χ1) is 8.81. The molecule has 18 heavy (non-hydrogen) atoms. The Bertz CT molecular complexity index is 530. The first kappa shape index (κ1) is 12.3. The summed E-state index contributed by atoms with van der Waals surface area (Å²) in [6, 6.07) is 10.3. The zero-order valence-electron chi connectivity index (χ0n) is 10.5. The second-order valence-electron chi connectivity index (χ2n) is 4.22. The van der Waals surface area contributed by atoms with Crippen LogP contribution in [0.2, 0.25) is 0 Å². The monoisotopic (exact) mass is 235 g/mol. The molecule has 1 aromatic rings. The Balaban J connectivity index is 2.15. The van der Waals surface area contributed by atoms with Gasteiger partial charge in [0.2, 0.25) is 0 Å². The van der Waals surface area contributed by atoms with Crippen molar-refractivity contribution in [1.29, 1.82) is 0 Å². The van der Waals surface area contributed by atoms with E-state index in [-0.39, 0.29) is 0 Å². The predicted octanol–water partition coefficient (Wildman–Crippen LogP) is 4.45. The van der Waals surface area contributed by atoms with Gasteiger partial charge in [0.05, 0.1) is 0 Å². The molecule has 1 heteroatoms. The molecular weight excluding hydrogens is 218 g/mol. The molecule has 0 saturated heterocycles. The minimum atomic E-state index is 0.969. The van der Waals surface area contributed by atoms with Crippen molar-refractivity contribution in [2.75, 3.05) is 0 Å². The minimum absolute atomic E-state index is 0.969. The standard InChI is InChI=1S/C17H17N/c1-3-4-8-14(2)16-11-12-17(18-13-16)15-9-6-5-7-10-15/h3-10,13H,1-2,11-12H2/b8-4-. The molecule has 0 amide bonds. The summed E-state index contributed by atoms with van der Waals surface area (Å²) in [6.07, 6.45) is 9.53. The summed E-state index contributed by atoms with van der Waals surface area (Å²) in [4.78, 5) is 4.54. The number of allylic oxidation sites excluding steroid dienone is 5. The fourth-order valence-corrected chi connectivity index (χ4v) is 1.92. The predicted molar refractivity (Wildman–Crippen MR) is 78.8 cm³/mol. The molecule has 1 aliphatic heterocycles. The third kappa shape index (κ3) is 2.95. The molecule has 0 fully saturated rings. The Morgan fingerprint density at radius 1 is 1.17 bits per heavy atom. The van der Waals surface area contributed by atoms with Gasteiger partial charge in [0.15, 0.2) is 0 Å². The topological polar surface area (TPSA) is 12.4 Å². The molecule has 90 valence electrons. The Morgan fingerprint density at radius 3 is 2.56 bits per heavy atom. The smallest absolute Gasteiger partial charge is 0.0479 e. The van der Waals surface area contributed by atoms with Crippen molar-refractivity contribution in [3.8, 4) is 0 Å². The van der Waals surface area contributed by atoms with E-state index in [1.54, 1.807) is 6.08 Å². The van der Waals surface area contributed by atoms with Gasteiger partial charge in [0.25, 0.3) is 0 Å². The van der Waals surface area contributed by atoms with Crippen molar-refractivity contribution in [2.24, 2.45) is 4.99 Å². The first-order valence-electron chi connectivity index (χ1n) is 6.11. The van der Waals surface area contributed by atoms with Crippen LogP contribution in [0.15, 0.2) is 84.1 Å². The number of aliphatic imine (C=N–C) groups is 1.